The summed E-state index contributed by atoms with van der Waals surface area (Å²) >= 11 is 0. The average Bonchev–Trinajstić information content (AvgIpc) is 3.18. The molecule has 1 aliphatic carbocycles. The summed E-state index contributed by atoms with van der Waals surface area (Å²) in [6.45, 7) is 7.13. The highest BCUT2D eigenvalue weighted by atomic mass is 16.5. The van der Waals surface area contributed by atoms with Gasteiger partial charge in [0.25, 0.3) is 0 Å². The number of ether oxygens (including phenoxy) is 2. The van der Waals surface area contributed by atoms with Gasteiger partial charge in [0.1, 0.15) is 17.6 Å². The Kier molecular flexibility index (Phi) is 4.37. The second-order valence-electron chi connectivity index (χ2n) is 8.61. The van der Waals surface area contributed by atoms with E-state index in [0.29, 0.717) is 6.61 Å². The van der Waals surface area contributed by atoms with Gasteiger partial charge < -0.3 is 14.6 Å². The zero-order valence-corrected chi connectivity index (χ0v) is 16.1. The molecule has 1 aliphatic heterocycles. The number of aryl methyl sites for hydroxylation is 1. The molecule has 0 bridgehead atoms. The lowest BCUT2D eigenvalue weighted by molar-refractivity contribution is -0.137. The third-order valence-electron chi connectivity index (χ3n) is 5.60. The normalized spacial score (nSPS) is 20.7. The number of rotatable bonds is 4. The van der Waals surface area contributed by atoms with Crippen molar-refractivity contribution < 1.29 is 19.4 Å². The molecule has 0 amide bonds. The number of benzene rings is 2. The van der Waals surface area contributed by atoms with E-state index in [1.54, 1.807) is 0 Å². The molecule has 4 heteroatoms. The first-order valence-corrected chi connectivity index (χ1v) is 9.60. The van der Waals surface area contributed by atoms with E-state index in [-0.39, 0.29) is 23.9 Å². The minimum Gasteiger partial charge on any atom is -0.492 e. The molecule has 2 aromatic rings. The summed E-state index contributed by atoms with van der Waals surface area (Å²) in [5.41, 5.74) is 5.13. The predicted octanol–water partition coefficient (Wildman–Crippen LogP) is 5.00. The van der Waals surface area contributed by atoms with Gasteiger partial charge >= 0.3 is 5.97 Å². The largest absolute Gasteiger partial charge is 0.492 e. The molecule has 142 valence electrons. The number of hydrogen-bond donors (Lipinski definition) is 1. The van der Waals surface area contributed by atoms with Crippen molar-refractivity contribution in [2.45, 2.75) is 57.5 Å². The highest BCUT2D eigenvalue weighted by molar-refractivity contribution is 5.68. The smallest absolute Gasteiger partial charge is 0.304 e. The van der Waals surface area contributed by atoms with Crippen LogP contribution in [0.4, 0.5) is 0 Å². The summed E-state index contributed by atoms with van der Waals surface area (Å²) in [6, 6.07) is 12.5. The maximum absolute atomic E-state index is 11.0. The average molecular weight is 366 g/mol. The molecule has 0 spiro atoms. The fraction of sp³-hybridized carbons (Fsp3) is 0.435. The summed E-state index contributed by atoms with van der Waals surface area (Å²) in [6.07, 6.45) is 2.16. The van der Waals surface area contributed by atoms with E-state index in [9.17, 15) is 4.79 Å². The van der Waals surface area contributed by atoms with Crippen LogP contribution in [0.3, 0.4) is 0 Å². The maximum atomic E-state index is 11.0. The second kappa shape index (κ2) is 6.59. The molecule has 2 atom stereocenters. The van der Waals surface area contributed by atoms with Crippen molar-refractivity contribution in [1.29, 1.82) is 0 Å². The standard InChI is InChI=1S/C23H26O4/c1-23(2,3)16-5-7-18-14(10-16)4-9-20(18)27-17-6-8-19-15(11-22(24)25)13-26-21(19)12-17/h5-8,10,12,15,20H,4,9,11,13H2,1-3H3,(H,24,25)/t15?,20-/m1/s1. The number of carboxylic acid groups (broad SMARTS) is 1. The monoisotopic (exact) mass is 366 g/mol. The van der Waals surface area contributed by atoms with Crippen molar-refractivity contribution >= 4 is 5.97 Å². The summed E-state index contributed by atoms with van der Waals surface area (Å²) in [5, 5.41) is 9.03. The molecule has 27 heavy (non-hydrogen) atoms. The molecule has 0 saturated carbocycles. The van der Waals surface area contributed by atoms with Crippen molar-refractivity contribution in [2.75, 3.05) is 6.61 Å². The summed E-state index contributed by atoms with van der Waals surface area (Å²) in [7, 11) is 0. The van der Waals surface area contributed by atoms with Gasteiger partial charge in [-0.1, -0.05) is 45.0 Å². The number of hydrogen-bond acceptors (Lipinski definition) is 3. The topological polar surface area (TPSA) is 55.8 Å². The lowest BCUT2D eigenvalue weighted by Gasteiger charge is -2.21. The molecule has 0 fully saturated rings. The van der Waals surface area contributed by atoms with Crippen LogP contribution in [0.2, 0.25) is 0 Å². The fourth-order valence-electron chi connectivity index (χ4n) is 4.04. The number of fused-ring (bicyclic) bond motifs is 2. The number of carboxylic acids is 1. The molecule has 1 unspecified atom stereocenters. The van der Waals surface area contributed by atoms with Crippen molar-refractivity contribution in [3.8, 4) is 11.5 Å². The Labute approximate surface area is 160 Å². The first-order chi connectivity index (χ1) is 12.8. The minimum absolute atomic E-state index is 0.0586. The summed E-state index contributed by atoms with van der Waals surface area (Å²) in [4.78, 5) is 11.0. The van der Waals surface area contributed by atoms with Crippen molar-refractivity contribution in [3.63, 3.8) is 0 Å². The minimum atomic E-state index is -0.797. The van der Waals surface area contributed by atoms with E-state index in [0.717, 1.165) is 29.9 Å². The first-order valence-electron chi connectivity index (χ1n) is 9.60. The Bertz CT molecular complexity index is 878. The Balaban J connectivity index is 1.51. The van der Waals surface area contributed by atoms with Crippen molar-refractivity contribution in [1.82, 2.24) is 0 Å². The van der Waals surface area contributed by atoms with E-state index in [1.165, 1.54) is 16.7 Å². The summed E-state index contributed by atoms with van der Waals surface area (Å²) in [5.74, 6) is 0.658. The van der Waals surface area contributed by atoms with Gasteiger partial charge in [-0.05, 0) is 41.0 Å². The molecular weight excluding hydrogens is 340 g/mol. The van der Waals surface area contributed by atoms with Crippen LogP contribution in [-0.4, -0.2) is 17.7 Å². The Morgan fingerprint density at radius 1 is 1.19 bits per heavy atom. The van der Waals surface area contributed by atoms with E-state index in [1.807, 2.05) is 18.2 Å². The van der Waals surface area contributed by atoms with Gasteiger partial charge in [-0.15, -0.1) is 0 Å². The highest BCUT2D eigenvalue weighted by Gasteiger charge is 2.29. The van der Waals surface area contributed by atoms with Gasteiger partial charge in [0.05, 0.1) is 13.0 Å². The molecule has 2 aromatic carbocycles. The molecule has 0 saturated heterocycles. The second-order valence-corrected chi connectivity index (χ2v) is 8.61. The van der Waals surface area contributed by atoms with Crippen molar-refractivity contribution in [3.05, 3.63) is 58.7 Å². The van der Waals surface area contributed by atoms with Crippen molar-refractivity contribution in [2.24, 2.45) is 0 Å². The molecular formula is C23H26O4. The van der Waals surface area contributed by atoms with Crippen LogP contribution in [0.1, 0.15) is 67.9 Å². The van der Waals surface area contributed by atoms with Gasteiger partial charge in [0.15, 0.2) is 0 Å². The van der Waals surface area contributed by atoms with Gasteiger partial charge in [-0.2, -0.15) is 0 Å². The van der Waals surface area contributed by atoms with Gasteiger partial charge in [-0.25, -0.2) is 0 Å². The lowest BCUT2D eigenvalue weighted by atomic mass is 9.85. The number of aliphatic carboxylic acids is 1. The molecule has 4 nitrogen and oxygen atoms in total. The van der Waals surface area contributed by atoms with Gasteiger partial charge in [-0.3, -0.25) is 4.79 Å². The van der Waals surface area contributed by atoms with Crippen LogP contribution >= 0.6 is 0 Å². The van der Waals surface area contributed by atoms with Crippen LogP contribution in [0.15, 0.2) is 36.4 Å². The molecule has 1 N–H and O–H groups in total. The van der Waals surface area contributed by atoms with Crippen LogP contribution in [-0.2, 0) is 16.6 Å². The summed E-state index contributed by atoms with van der Waals surface area (Å²) < 4.78 is 12.0. The molecule has 4 rings (SSSR count). The van der Waals surface area contributed by atoms with Crippen LogP contribution in [0.5, 0.6) is 11.5 Å². The first kappa shape index (κ1) is 17.9. The van der Waals surface area contributed by atoms with E-state index in [2.05, 4.69) is 39.0 Å². The van der Waals surface area contributed by atoms with Crippen LogP contribution in [0, 0.1) is 0 Å². The third-order valence-corrected chi connectivity index (χ3v) is 5.60. The Hall–Kier alpha value is -2.49. The highest BCUT2D eigenvalue weighted by Crippen LogP contribution is 2.41. The van der Waals surface area contributed by atoms with Crippen LogP contribution in [0.25, 0.3) is 0 Å². The zero-order chi connectivity index (χ0) is 19.2. The Morgan fingerprint density at radius 3 is 2.70 bits per heavy atom. The predicted molar refractivity (Wildman–Crippen MR) is 104 cm³/mol. The van der Waals surface area contributed by atoms with Gasteiger partial charge in [0, 0.05) is 17.5 Å². The third kappa shape index (κ3) is 3.53. The van der Waals surface area contributed by atoms with Crippen LogP contribution < -0.4 is 9.47 Å². The SMILES string of the molecule is CC(C)(C)c1ccc2c(c1)CC[C@H]2Oc1ccc2c(c1)OCC2CC(=O)O. The number of carbonyl (C=O) groups is 1. The van der Waals surface area contributed by atoms with E-state index in [4.69, 9.17) is 14.6 Å². The molecule has 2 aliphatic rings. The Morgan fingerprint density at radius 2 is 1.96 bits per heavy atom. The molecule has 0 radical (unpaired) electrons. The molecule has 1 heterocycles. The zero-order valence-electron chi connectivity index (χ0n) is 16.1. The van der Waals surface area contributed by atoms with E-state index < -0.39 is 5.97 Å². The van der Waals surface area contributed by atoms with E-state index >= 15 is 0 Å². The van der Waals surface area contributed by atoms with Gasteiger partial charge in [0.2, 0.25) is 0 Å². The fourth-order valence-corrected chi connectivity index (χ4v) is 4.04. The maximum Gasteiger partial charge on any atom is 0.304 e. The quantitative estimate of drug-likeness (QED) is 0.827. The lowest BCUT2D eigenvalue weighted by Crippen LogP contribution is -2.11. The molecule has 0 aromatic heterocycles.